The lowest BCUT2D eigenvalue weighted by Gasteiger charge is -2.30. The Kier molecular flexibility index (Phi) is 5.56. The maximum Gasteiger partial charge on any atom is 0.253 e. The second-order valence-electron chi connectivity index (χ2n) is 6.21. The van der Waals surface area contributed by atoms with Gasteiger partial charge in [0.15, 0.2) is 0 Å². The molecule has 0 aromatic heterocycles. The Morgan fingerprint density at radius 3 is 2.72 bits per heavy atom. The van der Waals surface area contributed by atoms with Gasteiger partial charge in [0.25, 0.3) is 5.91 Å². The Labute approximate surface area is 147 Å². The Balaban J connectivity index is 1.59. The van der Waals surface area contributed by atoms with E-state index in [9.17, 15) is 9.90 Å². The molecule has 1 aliphatic rings. The van der Waals surface area contributed by atoms with Crippen molar-refractivity contribution in [1.82, 2.24) is 4.90 Å². The van der Waals surface area contributed by atoms with Gasteiger partial charge in [-0.15, -0.1) is 0 Å². The van der Waals surface area contributed by atoms with Crippen molar-refractivity contribution < 1.29 is 19.4 Å². The number of methoxy groups -OCH3 is 1. The summed E-state index contributed by atoms with van der Waals surface area (Å²) in [5.74, 6) is 1.46. The van der Waals surface area contributed by atoms with Crippen molar-refractivity contribution in [2.45, 2.75) is 25.6 Å². The molecule has 3 rings (SSSR count). The molecule has 1 saturated heterocycles. The standard InChI is InChI=1S/C20H23NO4/c1-24-19-6-2-4-15(12-19)14-25-18-9-7-16(8-10-18)20(23)21-11-3-5-17(22)13-21/h2,4,6-10,12,17,22H,3,5,11,13-14H2,1H3/t17-/m1/s1. The van der Waals surface area contributed by atoms with E-state index in [4.69, 9.17) is 9.47 Å². The highest BCUT2D eigenvalue weighted by Gasteiger charge is 2.22. The van der Waals surface area contributed by atoms with Crippen LogP contribution in [0, 0.1) is 0 Å². The molecular weight excluding hydrogens is 318 g/mol. The summed E-state index contributed by atoms with van der Waals surface area (Å²) < 4.78 is 11.0. The van der Waals surface area contributed by atoms with Gasteiger partial charge in [-0.3, -0.25) is 4.79 Å². The summed E-state index contributed by atoms with van der Waals surface area (Å²) in [6.07, 6.45) is 1.19. The van der Waals surface area contributed by atoms with Gasteiger partial charge in [-0.25, -0.2) is 0 Å². The highest BCUT2D eigenvalue weighted by molar-refractivity contribution is 5.94. The number of piperidine rings is 1. The molecule has 25 heavy (non-hydrogen) atoms. The van der Waals surface area contributed by atoms with Crippen molar-refractivity contribution >= 4 is 5.91 Å². The van der Waals surface area contributed by atoms with Crippen molar-refractivity contribution in [3.05, 3.63) is 59.7 Å². The number of ether oxygens (including phenoxy) is 2. The molecule has 0 spiro atoms. The molecule has 0 bridgehead atoms. The van der Waals surface area contributed by atoms with Gasteiger partial charge < -0.3 is 19.5 Å². The summed E-state index contributed by atoms with van der Waals surface area (Å²) in [5.41, 5.74) is 1.63. The van der Waals surface area contributed by atoms with E-state index in [0.29, 0.717) is 31.0 Å². The largest absolute Gasteiger partial charge is 0.497 e. The molecule has 1 aliphatic heterocycles. The van der Waals surface area contributed by atoms with E-state index < -0.39 is 6.10 Å². The third kappa shape index (κ3) is 4.51. The Morgan fingerprint density at radius 2 is 2.00 bits per heavy atom. The van der Waals surface area contributed by atoms with Crippen LogP contribution >= 0.6 is 0 Å². The van der Waals surface area contributed by atoms with Crippen molar-refractivity contribution in [1.29, 1.82) is 0 Å². The van der Waals surface area contributed by atoms with E-state index >= 15 is 0 Å². The topological polar surface area (TPSA) is 59.0 Å². The molecule has 2 aromatic rings. The van der Waals surface area contributed by atoms with E-state index in [1.807, 2.05) is 24.3 Å². The Bertz CT molecular complexity index is 714. The van der Waals surface area contributed by atoms with Crippen molar-refractivity contribution in [3.63, 3.8) is 0 Å². The van der Waals surface area contributed by atoms with Crippen LogP contribution in [0.5, 0.6) is 11.5 Å². The molecule has 1 N–H and O–H groups in total. The zero-order chi connectivity index (χ0) is 17.6. The van der Waals surface area contributed by atoms with Crippen LogP contribution in [-0.2, 0) is 6.61 Å². The molecule has 0 unspecified atom stereocenters. The van der Waals surface area contributed by atoms with Gasteiger partial charge >= 0.3 is 0 Å². The first-order chi connectivity index (χ1) is 12.2. The molecule has 0 aliphatic carbocycles. The van der Waals surface area contributed by atoms with Gasteiger partial charge in [0, 0.05) is 18.7 Å². The van der Waals surface area contributed by atoms with Gasteiger partial charge in [0.05, 0.1) is 13.2 Å². The van der Waals surface area contributed by atoms with Crippen LogP contribution in [0.1, 0.15) is 28.8 Å². The minimum absolute atomic E-state index is 0.0434. The van der Waals surface area contributed by atoms with E-state index in [1.54, 1.807) is 36.3 Å². The van der Waals surface area contributed by atoms with Gasteiger partial charge in [0.2, 0.25) is 0 Å². The summed E-state index contributed by atoms with van der Waals surface area (Å²) in [5, 5.41) is 9.71. The van der Waals surface area contributed by atoms with Gasteiger partial charge in [-0.05, 0) is 54.8 Å². The minimum Gasteiger partial charge on any atom is -0.497 e. The highest BCUT2D eigenvalue weighted by Crippen LogP contribution is 2.19. The second-order valence-corrected chi connectivity index (χ2v) is 6.21. The number of hydrogen-bond donors (Lipinski definition) is 1. The van der Waals surface area contributed by atoms with Crippen molar-refractivity contribution in [2.75, 3.05) is 20.2 Å². The number of amides is 1. The smallest absolute Gasteiger partial charge is 0.253 e. The minimum atomic E-state index is -0.414. The van der Waals surface area contributed by atoms with Crippen molar-refractivity contribution in [2.24, 2.45) is 0 Å². The number of carbonyl (C=O) groups excluding carboxylic acids is 1. The number of carbonyl (C=O) groups is 1. The van der Waals surface area contributed by atoms with Crippen molar-refractivity contribution in [3.8, 4) is 11.5 Å². The predicted molar refractivity (Wildman–Crippen MR) is 94.9 cm³/mol. The lowest BCUT2D eigenvalue weighted by atomic mass is 10.1. The number of aliphatic hydroxyl groups excluding tert-OH is 1. The van der Waals surface area contributed by atoms with Crippen LogP contribution in [0.4, 0.5) is 0 Å². The average Bonchev–Trinajstić information content (AvgIpc) is 2.66. The Morgan fingerprint density at radius 1 is 1.20 bits per heavy atom. The van der Waals surface area contributed by atoms with Gasteiger partial charge in [-0.1, -0.05) is 12.1 Å². The van der Waals surface area contributed by atoms with Crippen LogP contribution < -0.4 is 9.47 Å². The molecule has 2 aromatic carbocycles. The number of likely N-dealkylation sites (tertiary alicyclic amines) is 1. The van der Waals surface area contributed by atoms with Crippen LogP contribution in [0.2, 0.25) is 0 Å². The maximum absolute atomic E-state index is 12.5. The monoisotopic (exact) mass is 341 g/mol. The average molecular weight is 341 g/mol. The summed E-state index contributed by atoms with van der Waals surface area (Å²) in [7, 11) is 1.64. The lowest BCUT2D eigenvalue weighted by molar-refractivity contribution is 0.0473. The SMILES string of the molecule is COc1cccc(COc2ccc(C(=O)N3CCC[C@@H](O)C3)cc2)c1. The first-order valence-corrected chi connectivity index (χ1v) is 8.49. The highest BCUT2D eigenvalue weighted by atomic mass is 16.5. The van der Waals surface area contributed by atoms with E-state index in [-0.39, 0.29) is 5.91 Å². The first kappa shape index (κ1) is 17.3. The summed E-state index contributed by atoms with van der Waals surface area (Å²) >= 11 is 0. The van der Waals surface area contributed by atoms with Gasteiger partial charge in [0.1, 0.15) is 18.1 Å². The zero-order valence-corrected chi connectivity index (χ0v) is 14.4. The summed E-state index contributed by atoms with van der Waals surface area (Å²) in [6.45, 7) is 1.54. The molecule has 5 heteroatoms. The predicted octanol–water partition coefficient (Wildman–Crippen LogP) is 2.87. The van der Waals surface area contributed by atoms with Crippen LogP contribution in [-0.4, -0.2) is 42.2 Å². The molecule has 1 fully saturated rings. The fourth-order valence-corrected chi connectivity index (χ4v) is 2.94. The molecule has 0 radical (unpaired) electrons. The summed E-state index contributed by atoms with van der Waals surface area (Å²) in [6, 6.07) is 14.9. The number of hydrogen-bond acceptors (Lipinski definition) is 4. The fraction of sp³-hybridized carbons (Fsp3) is 0.350. The maximum atomic E-state index is 12.5. The third-order valence-corrected chi connectivity index (χ3v) is 4.32. The lowest BCUT2D eigenvalue weighted by Crippen LogP contribution is -2.42. The first-order valence-electron chi connectivity index (χ1n) is 8.49. The second kappa shape index (κ2) is 8.03. The molecule has 1 amide bonds. The van der Waals surface area contributed by atoms with Crippen LogP contribution in [0.15, 0.2) is 48.5 Å². The molecule has 1 heterocycles. The normalized spacial score (nSPS) is 17.2. The third-order valence-electron chi connectivity index (χ3n) is 4.32. The van der Waals surface area contributed by atoms with E-state index in [1.165, 1.54) is 0 Å². The number of rotatable bonds is 5. The zero-order valence-electron chi connectivity index (χ0n) is 14.4. The quantitative estimate of drug-likeness (QED) is 0.908. The molecule has 132 valence electrons. The van der Waals surface area contributed by atoms with Crippen LogP contribution in [0.25, 0.3) is 0 Å². The molecule has 1 atom stereocenters. The summed E-state index contributed by atoms with van der Waals surface area (Å²) in [4.78, 5) is 14.2. The number of β-amino-alcohol motifs (C(OH)–C–C–N with tert-alkyl or cyclic N) is 1. The molecular formula is C20H23NO4. The number of aliphatic hydroxyl groups is 1. The number of benzene rings is 2. The van der Waals surface area contributed by atoms with Gasteiger partial charge in [-0.2, -0.15) is 0 Å². The van der Waals surface area contributed by atoms with E-state index in [2.05, 4.69) is 0 Å². The number of nitrogens with zero attached hydrogens (tertiary/aromatic N) is 1. The fourth-order valence-electron chi connectivity index (χ4n) is 2.94. The molecule has 0 saturated carbocycles. The Hall–Kier alpha value is -2.53. The van der Waals surface area contributed by atoms with E-state index in [0.717, 1.165) is 24.2 Å². The van der Waals surface area contributed by atoms with Crippen LogP contribution in [0.3, 0.4) is 0 Å². The molecule has 5 nitrogen and oxygen atoms in total.